The standard InChI is InChI=1S/C12H23N3O3S/c1-19(17,18)15-8-5-11(6-9-15)14-12(16)4-7-13-10-2-3-10/h10-11,13H,2-9H2,1H3,(H,14,16). The van der Waals surface area contributed by atoms with Gasteiger partial charge < -0.3 is 10.6 Å². The predicted molar refractivity (Wildman–Crippen MR) is 73.2 cm³/mol. The molecule has 0 unspecified atom stereocenters. The van der Waals surface area contributed by atoms with E-state index >= 15 is 0 Å². The zero-order chi connectivity index (χ0) is 13.9. The minimum atomic E-state index is -3.08. The summed E-state index contributed by atoms with van der Waals surface area (Å²) in [5, 5.41) is 6.29. The average molecular weight is 289 g/mol. The van der Waals surface area contributed by atoms with E-state index in [2.05, 4.69) is 10.6 Å². The van der Waals surface area contributed by atoms with E-state index in [1.165, 1.54) is 23.4 Å². The number of hydrogen-bond donors (Lipinski definition) is 2. The van der Waals surface area contributed by atoms with Crippen molar-refractivity contribution in [3.05, 3.63) is 0 Å². The van der Waals surface area contributed by atoms with Crippen LogP contribution < -0.4 is 10.6 Å². The summed E-state index contributed by atoms with van der Waals surface area (Å²) in [5.41, 5.74) is 0. The van der Waals surface area contributed by atoms with Crippen molar-refractivity contribution in [1.82, 2.24) is 14.9 Å². The molecular formula is C12H23N3O3S. The first kappa shape index (κ1) is 14.7. The fraction of sp³-hybridized carbons (Fsp3) is 0.917. The molecule has 19 heavy (non-hydrogen) atoms. The molecule has 2 rings (SSSR count). The lowest BCUT2D eigenvalue weighted by Crippen LogP contribution is -2.46. The highest BCUT2D eigenvalue weighted by Crippen LogP contribution is 2.18. The van der Waals surface area contributed by atoms with E-state index in [-0.39, 0.29) is 11.9 Å². The molecule has 0 spiro atoms. The molecule has 110 valence electrons. The lowest BCUT2D eigenvalue weighted by molar-refractivity contribution is -0.121. The third-order valence-corrected chi connectivity index (χ3v) is 4.95. The summed E-state index contributed by atoms with van der Waals surface area (Å²) in [7, 11) is -3.08. The summed E-state index contributed by atoms with van der Waals surface area (Å²) in [6, 6.07) is 0.747. The third kappa shape index (κ3) is 5.08. The fourth-order valence-electron chi connectivity index (χ4n) is 2.31. The van der Waals surface area contributed by atoms with Gasteiger partial charge in [-0.2, -0.15) is 0 Å². The van der Waals surface area contributed by atoms with Gasteiger partial charge in [0.1, 0.15) is 0 Å². The molecular weight excluding hydrogens is 266 g/mol. The number of carbonyl (C=O) groups excluding carboxylic acids is 1. The minimum absolute atomic E-state index is 0.0611. The normalized spacial score (nSPS) is 22.4. The molecule has 1 heterocycles. The third-order valence-electron chi connectivity index (χ3n) is 3.65. The van der Waals surface area contributed by atoms with E-state index in [4.69, 9.17) is 0 Å². The van der Waals surface area contributed by atoms with E-state index in [1.54, 1.807) is 0 Å². The maximum atomic E-state index is 11.7. The predicted octanol–water partition coefficient (Wildman–Crippen LogP) is -0.331. The summed E-state index contributed by atoms with van der Waals surface area (Å²) < 4.78 is 24.2. The Kier molecular flexibility index (Phi) is 4.81. The molecule has 0 aromatic heterocycles. The maximum absolute atomic E-state index is 11.7. The molecule has 0 bridgehead atoms. The summed E-state index contributed by atoms with van der Waals surface area (Å²) in [4.78, 5) is 11.7. The lowest BCUT2D eigenvalue weighted by Gasteiger charge is -2.30. The summed E-state index contributed by atoms with van der Waals surface area (Å²) in [6.07, 6.45) is 5.60. The molecule has 1 amide bonds. The Morgan fingerprint density at radius 1 is 1.16 bits per heavy atom. The number of piperidine rings is 1. The first-order valence-corrected chi connectivity index (χ1v) is 8.78. The molecule has 1 saturated carbocycles. The van der Waals surface area contributed by atoms with Gasteiger partial charge in [-0.3, -0.25) is 4.79 Å². The van der Waals surface area contributed by atoms with Gasteiger partial charge in [0.05, 0.1) is 6.26 Å². The molecule has 2 aliphatic rings. The highest BCUT2D eigenvalue weighted by molar-refractivity contribution is 7.88. The van der Waals surface area contributed by atoms with Crippen LogP contribution in [0.15, 0.2) is 0 Å². The fourth-order valence-corrected chi connectivity index (χ4v) is 3.18. The van der Waals surface area contributed by atoms with Crippen LogP contribution in [-0.4, -0.2) is 56.6 Å². The molecule has 0 aromatic carbocycles. The van der Waals surface area contributed by atoms with Crippen LogP contribution >= 0.6 is 0 Å². The second kappa shape index (κ2) is 6.19. The van der Waals surface area contributed by atoms with Crippen molar-refractivity contribution in [2.24, 2.45) is 0 Å². The average Bonchev–Trinajstić information content (AvgIpc) is 3.12. The Bertz CT molecular complexity index is 412. The number of amides is 1. The van der Waals surface area contributed by atoms with Gasteiger partial charge in [0.2, 0.25) is 15.9 Å². The van der Waals surface area contributed by atoms with E-state index in [0.717, 1.165) is 6.54 Å². The smallest absolute Gasteiger partial charge is 0.221 e. The Morgan fingerprint density at radius 3 is 2.32 bits per heavy atom. The van der Waals surface area contributed by atoms with Crippen LogP contribution in [0.3, 0.4) is 0 Å². The second-order valence-corrected chi connectivity index (χ2v) is 7.46. The summed E-state index contributed by atoms with van der Waals surface area (Å²) in [6.45, 7) is 1.74. The maximum Gasteiger partial charge on any atom is 0.221 e. The number of rotatable bonds is 6. The Hall–Kier alpha value is -0.660. The SMILES string of the molecule is CS(=O)(=O)N1CCC(NC(=O)CCNC2CC2)CC1. The van der Waals surface area contributed by atoms with E-state index in [1.807, 2.05) is 0 Å². The van der Waals surface area contributed by atoms with Gasteiger partial charge in [0, 0.05) is 38.1 Å². The molecule has 1 saturated heterocycles. The van der Waals surface area contributed by atoms with Gasteiger partial charge in [-0.1, -0.05) is 0 Å². The number of carbonyl (C=O) groups is 1. The van der Waals surface area contributed by atoms with E-state index < -0.39 is 10.0 Å². The highest BCUT2D eigenvalue weighted by atomic mass is 32.2. The first-order valence-electron chi connectivity index (χ1n) is 6.93. The van der Waals surface area contributed by atoms with Gasteiger partial charge >= 0.3 is 0 Å². The number of sulfonamides is 1. The zero-order valence-corrected chi connectivity index (χ0v) is 12.2. The highest BCUT2D eigenvalue weighted by Gasteiger charge is 2.25. The van der Waals surface area contributed by atoms with Crippen LogP contribution in [0.2, 0.25) is 0 Å². The van der Waals surface area contributed by atoms with Crippen molar-refractivity contribution in [3.63, 3.8) is 0 Å². The molecule has 0 atom stereocenters. The van der Waals surface area contributed by atoms with Crippen LogP contribution in [0, 0.1) is 0 Å². The lowest BCUT2D eigenvalue weighted by atomic mass is 10.1. The largest absolute Gasteiger partial charge is 0.353 e. The number of hydrogen-bond acceptors (Lipinski definition) is 4. The van der Waals surface area contributed by atoms with Gasteiger partial charge in [0.15, 0.2) is 0 Å². The summed E-state index contributed by atoms with van der Waals surface area (Å²) >= 11 is 0. The first-order chi connectivity index (χ1) is 8.95. The molecule has 2 fully saturated rings. The van der Waals surface area contributed by atoms with Crippen LogP contribution in [0.5, 0.6) is 0 Å². The van der Waals surface area contributed by atoms with Gasteiger partial charge in [-0.05, 0) is 25.7 Å². The van der Waals surface area contributed by atoms with Crippen LogP contribution in [0.1, 0.15) is 32.1 Å². The molecule has 2 N–H and O–H groups in total. The van der Waals surface area contributed by atoms with E-state index in [9.17, 15) is 13.2 Å². The van der Waals surface area contributed by atoms with Crippen LogP contribution in [-0.2, 0) is 14.8 Å². The number of nitrogens with zero attached hydrogens (tertiary/aromatic N) is 1. The molecule has 1 aliphatic carbocycles. The molecule has 0 radical (unpaired) electrons. The number of nitrogens with one attached hydrogen (secondary N) is 2. The Labute approximate surface area is 115 Å². The summed E-state index contributed by atoms with van der Waals surface area (Å²) in [5.74, 6) is 0.0611. The van der Waals surface area contributed by atoms with Crippen molar-refractivity contribution in [3.8, 4) is 0 Å². The van der Waals surface area contributed by atoms with Gasteiger partial charge in [-0.25, -0.2) is 12.7 Å². The minimum Gasteiger partial charge on any atom is -0.353 e. The van der Waals surface area contributed by atoms with Crippen molar-refractivity contribution in [1.29, 1.82) is 0 Å². The molecule has 0 aromatic rings. The Morgan fingerprint density at radius 2 is 1.79 bits per heavy atom. The molecule has 1 aliphatic heterocycles. The van der Waals surface area contributed by atoms with Gasteiger partial charge in [0.25, 0.3) is 0 Å². The quantitative estimate of drug-likeness (QED) is 0.702. The molecule has 6 nitrogen and oxygen atoms in total. The monoisotopic (exact) mass is 289 g/mol. The molecule has 7 heteroatoms. The van der Waals surface area contributed by atoms with Crippen molar-refractivity contribution < 1.29 is 13.2 Å². The zero-order valence-electron chi connectivity index (χ0n) is 11.4. The van der Waals surface area contributed by atoms with Crippen molar-refractivity contribution in [2.45, 2.75) is 44.2 Å². The topological polar surface area (TPSA) is 78.5 Å². The second-order valence-electron chi connectivity index (χ2n) is 5.48. The van der Waals surface area contributed by atoms with Crippen molar-refractivity contribution >= 4 is 15.9 Å². The van der Waals surface area contributed by atoms with E-state index in [0.29, 0.717) is 38.4 Å². The van der Waals surface area contributed by atoms with Crippen molar-refractivity contribution in [2.75, 3.05) is 25.9 Å². The van der Waals surface area contributed by atoms with Crippen LogP contribution in [0.25, 0.3) is 0 Å². The van der Waals surface area contributed by atoms with Crippen LogP contribution in [0.4, 0.5) is 0 Å². The van der Waals surface area contributed by atoms with Gasteiger partial charge in [-0.15, -0.1) is 0 Å². The Balaban J connectivity index is 1.62.